The van der Waals surface area contributed by atoms with Crippen molar-refractivity contribution in [2.24, 2.45) is 28.6 Å². The van der Waals surface area contributed by atoms with Gasteiger partial charge in [-0.3, -0.25) is 0 Å². The molecule has 0 N–H and O–H groups in total. The van der Waals surface area contributed by atoms with Crippen LogP contribution in [-0.4, -0.2) is 48.2 Å². The number of ether oxygens (including phenoxy) is 2. The van der Waals surface area contributed by atoms with Gasteiger partial charge in [0.15, 0.2) is 0 Å². The summed E-state index contributed by atoms with van der Waals surface area (Å²) in [6.07, 6.45) is -9.84. The van der Waals surface area contributed by atoms with Gasteiger partial charge in [0.25, 0.3) is 0 Å². The molecular formula is C26H26F12O4. The van der Waals surface area contributed by atoms with Crippen LogP contribution in [0, 0.1) is 28.6 Å². The first-order valence-corrected chi connectivity index (χ1v) is 13.0. The molecule has 16 heteroatoms. The predicted octanol–water partition coefficient (Wildman–Crippen LogP) is 7.93. The van der Waals surface area contributed by atoms with Crippen molar-refractivity contribution in [1.29, 1.82) is 0 Å². The molecule has 0 heterocycles. The first-order valence-electron chi connectivity index (χ1n) is 13.0. The Kier molecular flexibility index (Phi) is 7.58. The number of allylic oxidation sites excluding steroid dienone is 4. The summed E-state index contributed by atoms with van der Waals surface area (Å²) in [7, 11) is 0. The number of carbonyl (C=O) groups excluding carboxylic acids is 2. The number of esters is 2. The standard InChI is InChI=1S/C26H26F12O4/c1-20-9-7-13(41-18(39)22(27,28)24(31,32)26(36,37)38)11-12(20)3-4-14-15-5-6-17(21(15,2)10-8-16(14)20)42-19(40)23(29,30)25(33,34)35/h3,11,14-17H,4-10H2,1-2H3. The normalized spacial score (nSPS) is 34.0. The lowest BCUT2D eigenvalue weighted by atomic mass is 9.48. The number of fused-ring (bicyclic) bond motifs is 5. The summed E-state index contributed by atoms with van der Waals surface area (Å²) in [5, 5.41) is 0. The van der Waals surface area contributed by atoms with E-state index >= 15 is 0 Å². The van der Waals surface area contributed by atoms with Gasteiger partial charge in [0, 0.05) is 11.8 Å². The quantitative estimate of drug-likeness (QED) is 0.229. The molecule has 0 saturated heterocycles. The zero-order valence-corrected chi connectivity index (χ0v) is 22.1. The third kappa shape index (κ3) is 4.78. The molecule has 0 radical (unpaired) electrons. The van der Waals surface area contributed by atoms with Crippen LogP contribution in [0.25, 0.3) is 0 Å². The van der Waals surface area contributed by atoms with Crippen molar-refractivity contribution in [3.05, 3.63) is 23.5 Å². The third-order valence-electron chi connectivity index (χ3n) is 9.74. The van der Waals surface area contributed by atoms with Crippen molar-refractivity contribution in [1.82, 2.24) is 0 Å². The maximum absolute atomic E-state index is 13.8. The van der Waals surface area contributed by atoms with Crippen LogP contribution >= 0.6 is 0 Å². The van der Waals surface area contributed by atoms with E-state index in [4.69, 9.17) is 4.74 Å². The van der Waals surface area contributed by atoms with Crippen molar-refractivity contribution in [2.75, 3.05) is 0 Å². The highest BCUT2D eigenvalue weighted by atomic mass is 19.4. The van der Waals surface area contributed by atoms with E-state index in [1.54, 1.807) is 13.0 Å². The molecule has 0 aromatic rings. The molecule has 238 valence electrons. The van der Waals surface area contributed by atoms with Crippen LogP contribution in [0.1, 0.15) is 58.8 Å². The maximum atomic E-state index is 13.8. The van der Waals surface area contributed by atoms with Crippen LogP contribution in [0.4, 0.5) is 52.7 Å². The monoisotopic (exact) mass is 630 g/mol. The van der Waals surface area contributed by atoms with Crippen LogP contribution in [0.2, 0.25) is 0 Å². The molecule has 0 aliphatic heterocycles. The summed E-state index contributed by atoms with van der Waals surface area (Å²) in [6, 6.07) is 0. The van der Waals surface area contributed by atoms with Gasteiger partial charge in [-0.2, -0.15) is 52.7 Å². The highest BCUT2D eigenvalue weighted by molar-refractivity contribution is 5.80. The van der Waals surface area contributed by atoms with Gasteiger partial charge in [0.1, 0.15) is 11.9 Å². The molecule has 0 amide bonds. The second kappa shape index (κ2) is 9.80. The lowest BCUT2D eigenvalue weighted by Gasteiger charge is -2.56. The van der Waals surface area contributed by atoms with Gasteiger partial charge >= 0.3 is 42.1 Å². The molecule has 0 bridgehead atoms. The van der Waals surface area contributed by atoms with E-state index < -0.39 is 64.8 Å². The van der Waals surface area contributed by atoms with Crippen LogP contribution in [-0.2, 0) is 19.1 Å². The highest BCUT2D eigenvalue weighted by Crippen LogP contribution is 2.65. The molecule has 42 heavy (non-hydrogen) atoms. The lowest BCUT2D eigenvalue weighted by molar-refractivity contribution is -0.347. The summed E-state index contributed by atoms with van der Waals surface area (Å²) in [4.78, 5) is 23.5. The van der Waals surface area contributed by atoms with Gasteiger partial charge in [0.05, 0.1) is 0 Å². The average Bonchev–Trinajstić information content (AvgIpc) is 3.18. The number of hydrogen-bond acceptors (Lipinski definition) is 4. The summed E-state index contributed by atoms with van der Waals surface area (Å²) in [6.45, 7) is 3.48. The fourth-order valence-corrected chi connectivity index (χ4v) is 7.33. The Labute approximate surface area is 231 Å². The van der Waals surface area contributed by atoms with Crippen LogP contribution in [0.15, 0.2) is 23.5 Å². The molecule has 2 saturated carbocycles. The minimum Gasteiger partial charge on any atom is -0.457 e. The number of carbonyl (C=O) groups is 2. The minimum atomic E-state index is -6.71. The highest BCUT2D eigenvalue weighted by Gasteiger charge is 2.77. The number of hydrogen-bond donors (Lipinski definition) is 0. The smallest absolute Gasteiger partial charge is 0.457 e. The third-order valence-corrected chi connectivity index (χ3v) is 9.74. The van der Waals surface area contributed by atoms with E-state index in [-0.39, 0.29) is 37.0 Å². The number of rotatable bonds is 5. The van der Waals surface area contributed by atoms with Gasteiger partial charge in [-0.15, -0.1) is 0 Å². The molecule has 2 fully saturated rings. The minimum absolute atomic E-state index is 0.0636. The molecule has 4 aliphatic carbocycles. The Morgan fingerprint density at radius 2 is 1.40 bits per heavy atom. The van der Waals surface area contributed by atoms with Gasteiger partial charge in [-0.05, 0) is 73.3 Å². The van der Waals surface area contributed by atoms with Crippen molar-refractivity contribution in [3.8, 4) is 0 Å². The van der Waals surface area contributed by atoms with Crippen molar-refractivity contribution >= 4 is 11.9 Å². The molecule has 4 nitrogen and oxygen atoms in total. The summed E-state index contributed by atoms with van der Waals surface area (Å²) >= 11 is 0. The zero-order chi connectivity index (χ0) is 31.9. The number of alkyl halides is 12. The summed E-state index contributed by atoms with van der Waals surface area (Å²) < 4.78 is 165. The van der Waals surface area contributed by atoms with Crippen LogP contribution in [0.3, 0.4) is 0 Å². The molecule has 0 aromatic heterocycles. The molecule has 6 atom stereocenters. The molecule has 4 rings (SSSR count). The Hall–Kier alpha value is -2.42. The largest absolute Gasteiger partial charge is 0.465 e. The molecular weight excluding hydrogens is 604 g/mol. The van der Waals surface area contributed by atoms with Gasteiger partial charge in [-0.1, -0.05) is 19.9 Å². The molecule has 4 aliphatic rings. The Bertz CT molecular complexity index is 1190. The fraction of sp³-hybridized carbons (Fsp3) is 0.769. The van der Waals surface area contributed by atoms with E-state index in [0.29, 0.717) is 31.3 Å². The maximum Gasteiger partial charge on any atom is 0.465 e. The van der Waals surface area contributed by atoms with E-state index in [2.05, 4.69) is 4.74 Å². The van der Waals surface area contributed by atoms with Crippen LogP contribution in [0.5, 0.6) is 0 Å². The topological polar surface area (TPSA) is 52.6 Å². The summed E-state index contributed by atoms with van der Waals surface area (Å²) in [5.74, 6) is -25.3. The van der Waals surface area contributed by atoms with Crippen molar-refractivity contribution in [3.63, 3.8) is 0 Å². The van der Waals surface area contributed by atoms with Crippen molar-refractivity contribution in [2.45, 2.75) is 95.0 Å². The average molecular weight is 630 g/mol. The van der Waals surface area contributed by atoms with E-state index in [0.717, 1.165) is 6.08 Å². The second-order valence-corrected chi connectivity index (χ2v) is 11.9. The van der Waals surface area contributed by atoms with Gasteiger partial charge in [-0.25, -0.2) is 9.59 Å². The predicted molar refractivity (Wildman–Crippen MR) is 118 cm³/mol. The van der Waals surface area contributed by atoms with E-state index in [1.165, 1.54) is 0 Å². The SMILES string of the molecule is CC12CCC(OC(=O)C(F)(F)C(F)(F)C(F)(F)F)=CC1=CCC1C2CCC2(C)C(OC(=O)C(F)(F)C(F)(F)F)CCC12. The van der Waals surface area contributed by atoms with E-state index in [1.807, 2.05) is 6.92 Å². The van der Waals surface area contributed by atoms with E-state index in [9.17, 15) is 62.3 Å². The van der Waals surface area contributed by atoms with Crippen LogP contribution < -0.4 is 0 Å². The Balaban J connectivity index is 1.51. The lowest BCUT2D eigenvalue weighted by Crippen LogP contribution is -2.56. The number of halogens is 12. The zero-order valence-electron chi connectivity index (χ0n) is 22.1. The second-order valence-electron chi connectivity index (χ2n) is 11.9. The molecule has 6 unspecified atom stereocenters. The first kappa shape index (κ1) is 32.5. The Morgan fingerprint density at radius 3 is 1.98 bits per heavy atom. The molecule has 0 spiro atoms. The summed E-state index contributed by atoms with van der Waals surface area (Å²) in [5.41, 5.74) is -1.10. The molecule has 0 aromatic carbocycles. The van der Waals surface area contributed by atoms with Gasteiger partial charge in [0.2, 0.25) is 0 Å². The first-order chi connectivity index (χ1) is 18.9. The fourth-order valence-electron chi connectivity index (χ4n) is 7.33. The van der Waals surface area contributed by atoms with Gasteiger partial charge < -0.3 is 9.47 Å². The Morgan fingerprint density at radius 1 is 0.786 bits per heavy atom. The van der Waals surface area contributed by atoms with Crippen molar-refractivity contribution < 1.29 is 71.7 Å².